The van der Waals surface area contributed by atoms with Gasteiger partial charge in [0.2, 0.25) is 5.91 Å². The van der Waals surface area contributed by atoms with E-state index in [9.17, 15) is 9.59 Å². The van der Waals surface area contributed by atoms with Crippen LogP contribution in [0.2, 0.25) is 0 Å². The van der Waals surface area contributed by atoms with Crippen molar-refractivity contribution in [2.75, 3.05) is 11.1 Å². The van der Waals surface area contributed by atoms with E-state index in [1.54, 1.807) is 19.9 Å². The molecule has 0 aliphatic carbocycles. The Kier molecular flexibility index (Phi) is 6.24. The molecule has 0 aromatic heterocycles. The number of hydrogen-bond donors (Lipinski definition) is 3. The second-order valence-electron chi connectivity index (χ2n) is 5.22. The fraction of sp³-hybridized carbons (Fsp3) is 0.429. The average Bonchev–Trinajstić information content (AvgIpc) is 2.40. The topological polar surface area (TPSA) is 92.4 Å². The van der Waals surface area contributed by atoms with Gasteiger partial charge >= 0.3 is 5.97 Å². The number of carboxylic acids is 1. The van der Waals surface area contributed by atoms with E-state index in [0.717, 1.165) is 10.0 Å². The van der Waals surface area contributed by atoms with Crippen LogP contribution in [-0.2, 0) is 9.59 Å². The molecule has 1 aromatic rings. The first-order valence-corrected chi connectivity index (χ1v) is 8.09. The Bertz CT molecular complexity index is 549. The number of carboxylic acid groups (broad SMARTS) is 1. The number of rotatable bonds is 6. The van der Waals surface area contributed by atoms with Crippen LogP contribution in [-0.4, -0.2) is 33.5 Å². The summed E-state index contributed by atoms with van der Waals surface area (Å²) in [6.07, 6.45) is 0. The maximum Gasteiger partial charge on any atom is 0.321 e. The van der Waals surface area contributed by atoms with Crippen molar-refractivity contribution in [1.82, 2.24) is 0 Å². The minimum Gasteiger partial charge on any atom is -0.480 e. The predicted octanol–water partition coefficient (Wildman–Crippen LogP) is 2.62. The van der Waals surface area contributed by atoms with Crippen LogP contribution in [0.1, 0.15) is 19.4 Å². The van der Waals surface area contributed by atoms with Crippen molar-refractivity contribution < 1.29 is 14.7 Å². The van der Waals surface area contributed by atoms with Crippen LogP contribution in [0.3, 0.4) is 0 Å². The van der Waals surface area contributed by atoms with Crippen molar-refractivity contribution in [2.45, 2.75) is 31.6 Å². The number of benzene rings is 1. The van der Waals surface area contributed by atoms with Gasteiger partial charge in [-0.25, -0.2) is 0 Å². The van der Waals surface area contributed by atoms with Gasteiger partial charge in [-0.3, -0.25) is 9.59 Å². The number of carbonyl (C=O) groups is 2. The van der Waals surface area contributed by atoms with Crippen LogP contribution < -0.4 is 11.1 Å². The zero-order valence-electron chi connectivity index (χ0n) is 12.1. The molecule has 0 unspecified atom stereocenters. The van der Waals surface area contributed by atoms with Crippen LogP contribution in [0.5, 0.6) is 0 Å². The molecular formula is C14H19BrN2O3S. The van der Waals surface area contributed by atoms with Crippen molar-refractivity contribution >= 4 is 45.3 Å². The molecule has 0 saturated heterocycles. The normalized spacial score (nSPS) is 12.8. The summed E-state index contributed by atoms with van der Waals surface area (Å²) in [5, 5.41) is 11.7. The molecule has 0 heterocycles. The van der Waals surface area contributed by atoms with Gasteiger partial charge in [0.05, 0.1) is 5.75 Å². The number of hydrogen-bond acceptors (Lipinski definition) is 4. The smallest absolute Gasteiger partial charge is 0.321 e. The fourth-order valence-electron chi connectivity index (χ4n) is 1.56. The predicted molar refractivity (Wildman–Crippen MR) is 89.7 cm³/mol. The number of halogens is 1. The minimum absolute atomic E-state index is 0.142. The number of thioether (sulfide) groups is 1. The highest BCUT2D eigenvalue weighted by Crippen LogP contribution is 2.27. The third kappa shape index (κ3) is 5.33. The van der Waals surface area contributed by atoms with Gasteiger partial charge in [0.25, 0.3) is 0 Å². The molecular weight excluding hydrogens is 356 g/mol. The molecule has 0 aliphatic rings. The van der Waals surface area contributed by atoms with Crippen LogP contribution in [0.4, 0.5) is 5.69 Å². The lowest BCUT2D eigenvalue weighted by molar-refractivity contribution is -0.139. The van der Waals surface area contributed by atoms with Crippen molar-refractivity contribution in [1.29, 1.82) is 0 Å². The van der Waals surface area contributed by atoms with E-state index < -0.39 is 16.8 Å². The fourth-order valence-corrected chi connectivity index (χ4v) is 2.66. The van der Waals surface area contributed by atoms with Gasteiger partial charge in [-0.05, 0) is 44.5 Å². The van der Waals surface area contributed by atoms with E-state index in [0.29, 0.717) is 5.69 Å². The Morgan fingerprint density at radius 2 is 2.10 bits per heavy atom. The van der Waals surface area contributed by atoms with Gasteiger partial charge in [-0.1, -0.05) is 15.9 Å². The first-order chi connectivity index (χ1) is 9.63. The third-order valence-electron chi connectivity index (χ3n) is 3.03. The summed E-state index contributed by atoms with van der Waals surface area (Å²) in [4.78, 5) is 22.8. The molecule has 5 nitrogen and oxygen atoms in total. The Labute approximate surface area is 136 Å². The lowest BCUT2D eigenvalue weighted by atomic mass is 10.1. The van der Waals surface area contributed by atoms with Crippen molar-refractivity contribution in [3.05, 3.63) is 28.2 Å². The molecule has 21 heavy (non-hydrogen) atoms. The maximum absolute atomic E-state index is 11.9. The molecule has 1 rings (SSSR count). The Morgan fingerprint density at radius 3 is 2.62 bits per heavy atom. The quantitative estimate of drug-likeness (QED) is 0.711. The second kappa shape index (κ2) is 7.29. The SMILES string of the molecule is Cc1cc(NC(=O)CSC(C)(C)[C@H](N)C(=O)O)ccc1Br. The summed E-state index contributed by atoms with van der Waals surface area (Å²) in [7, 11) is 0. The van der Waals surface area contributed by atoms with Crippen molar-refractivity contribution in [3.8, 4) is 0 Å². The van der Waals surface area contributed by atoms with Gasteiger partial charge in [0.1, 0.15) is 6.04 Å². The van der Waals surface area contributed by atoms with Crippen LogP contribution in [0.25, 0.3) is 0 Å². The Balaban J connectivity index is 2.58. The molecule has 1 aromatic carbocycles. The molecule has 0 bridgehead atoms. The summed E-state index contributed by atoms with van der Waals surface area (Å²) < 4.78 is 0.252. The molecule has 7 heteroatoms. The largest absolute Gasteiger partial charge is 0.480 e. The Hall–Kier alpha value is -1.05. The van der Waals surface area contributed by atoms with Gasteiger partial charge in [0.15, 0.2) is 0 Å². The number of anilines is 1. The monoisotopic (exact) mass is 374 g/mol. The highest BCUT2D eigenvalue weighted by Gasteiger charge is 2.33. The molecule has 0 aliphatic heterocycles. The molecule has 0 spiro atoms. The number of aliphatic carboxylic acids is 1. The standard InChI is InChI=1S/C14H19BrN2O3S/c1-8-6-9(4-5-10(8)15)17-11(18)7-21-14(2,3)12(16)13(19)20/h4-6,12H,7,16H2,1-3H3,(H,17,18)(H,19,20)/t12-/m1/s1. The first kappa shape index (κ1) is 18.0. The number of nitrogens with one attached hydrogen (secondary N) is 1. The minimum atomic E-state index is -1.07. The van der Waals surface area contributed by atoms with Gasteiger partial charge in [-0.2, -0.15) is 0 Å². The molecule has 1 amide bonds. The molecule has 116 valence electrons. The van der Waals surface area contributed by atoms with Crippen molar-refractivity contribution in [2.24, 2.45) is 5.73 Å². The maximum atomic E-state index is 11.9. The zero-order chi connectivity index (χ0) is 16.2. The van der Waals surface area contributed by atoms with Crippen LogP contribution in [0, 0.1) is 6.92 Å². The highest BCUT2D eigenvalue weighted by molar-refractivity contribution is 9.10. The second-order valence-corrected chi connectivity index (χ2v) is 7.70. The highest BCUT2D eigenvalue weighted by atomic mass is 79.9. The van der Waals surface area contributed by atoms with Crippen LogP contribution >= 0.6 is 27.7 Å². The number of nitrogens with two attached hydrogens (primary N) is 1. The van der Waals surface area contributed by atoms with Gasteiger partial charge in [0, 0.05) is 14.9 Å². The number of aryl methyl sites for hydroxylation is 1. The van der Waals surface area contributed by atoms with Gasteiger partial charge in [-0.15, -0.1) is 11.8 Å². The van der Waals surface area contributed by atoms with E-state index in [-0.39, 0.29) is 11.7 Å². The van der Waals surface area contributed by atoms with E-state index in [4.69, 9.17) is 10.8 Å². The summed E-state index contributed by atoms with van der Waals surface area (Å²) in [6, 6.07) is 4.50. The summed E-state index contributed by atoms with van der Waals surface area (Å²) in [6.45, 7) is 5.37. The molecule has 0 radical (unpaired) electrons. The molecule has 4 N–H and O–H groups in total. The third-order valence-corrected chi connectivity index (χ3v) is 5.33. The lowest BCUT2D eigenvalue weighted by Crippen LogP contribution is -2.47. The van der Waals surface area contributed by atoms with E-state index in [1.165, 1.54) is 11.8 Å². The summed E-state index contributed by atoms with van der Waals surface area (Å²) in [5.74, 6) is -1.12. The van der Waals surface area contributed by atoms with Crippen molar-refractivity contribution in [3.63, 3.8) is 0 Å². The average molecular weight is 375 g/mol. The lowest BCUT2D eigenvalue weighted by Gasteiger charge is -2.27. The molecule has 1 atom stereocenters. The first-order valence-electron chi connectivity index (χ1n) is 6.32. The van der Waals surface area contributed by atoms with E-state index in [2.05, 4.69) is 21.2 Å². The number of carbonyl (C=O) groups excluding carboxylic acids is 1. The summed E-state index contributed by atoms with van der Waals surface area (Å²) >= 11 is 4.62. The van der Waals surface area contributed by atoms with Crippen LogP contribution in [0.15, 0.2) is 22.7 Å². The van der Waals surface area contributed by atoms with Gasteiger partial charge < -0.3 is 16.2 Å². The summed E-state index contributed by atoms with van der Waals surface area (Å²) in [5.41, 5.74) is 7.34. The number of amides is 1. The molecule has 0 saturated carbocycles. The zero-order valence-corrected chi connectivity index (χ0v) is 14.5. The molecule has 0 fully saturated rings. The van der Waals surface area contributed by atoms with E-state index >= 15 is 0 Å². The Morgan fingerprint density at radius 1 is 1.48 bits per heavy atom. The van der Waals surface area contributed by atoms with E-state index in [1.807, 2.05) is 19.1 Å².